The lowest BCUT2D eigenvalue weighted by Crippen LogP contribution is -2.66. The van der Waals surface area contributed by atoms with E-state index in [0.29, 0.717) is 0 Å². The van der Waals surface area contributed by atoms with Crippen LogP contribution in [0.5, 0.6) is 0 Å². The standard InChI is InChI=1S/C31H36O14/c1-36-23-20-15-41-29(35)18-13-9-8-12-17(18)28(34)40-14-19-22(45-31(43-20)26(38-3)25(23)37-2)21(32)24(30(39-4)42-19)44-27(33)16-10-6-5-7-11-16/h5-13,19-26,30-32H,14-15H2,1-4H3/t19-,20-,21+,22-,23+,24-,25+,26+,30+,31-/m1/s1. The van der Waals surface area contributed by atoms with Crippen LogP contribution in [0.1, 0.15) is 31.1 Å². The molecule has 1 N–H and O–H groups in total. The molecule has 0 aromatic heterocycles. The van der Waals surface area contributed by atoms with Crippen molar-refractivity contribution in [3.63, 3.8) is 0 Å². The van der Waals surface area contributed by atoms with Crippen molar-refractivity contribution in [3.8, 4) is 0 Å². The van der Waals surface area contributed by atoms with Gasteiger partial charge >= 0.3 is 17.9 Å². The molecule has 10 atom stereocenters. The molecule has 0 amide bonds. The van der Waals surface area contributed by atoms with Crippen LogP contribution < -0.4 is 0 Å². The number of benzene rings is 2. The van der Waals surface area contributed by atoms with Gasteiger partial charge in [-0.3, -0.25) is 0 Å². The van der Waals surface area contributed by atoms with Crippen LogP contribution in [0.2, 0.25) is 0 Å². The smallest absolute Gasteiger partial charge is 0.339 e. The highest BCUT2D eigenvalue weighted by atomic mass is 16.8. The number of carbonyl (C=O) groups excluding carboxylic acids is 3. The van der Waals surface area contributed by atoms with E-state index in [4.69, 9.17) is 47.4 Å². The number of aliphatic hydroxyl groups is 1. The van der Waals surface area contributed by atoms with Gasteiger partial charge in [-0.25, -0.2) is 14.4 Å². The molecule has 2 aromatic carbocycles. The van der Waals surface area contributed by atoms with Gasteiger partial charge in [0, 0.05) is 28.4 Å². The zero-order valence-corrected chi connectivity index (χ0v) is 25.1. The monoisotopic (exact) mass is 632 g/mol. The zero-order chi connectivity index (χ0) is 32.1. The molecular weight excluding hydrogens is 596 g/mol. The van der Waals surface area contributed by atoms with Crippen molar-refractivity contribution in [1.29, 1.82) is 0 Å². The Balaban J connectivity index is 1.52. The average molecular weight is 633 g/mol. The molecule has 3 heterocycles. The number of esters is 3. The van der Waals surface area contributed by atoms with Crippen molar-refractivity contribution < 1.29 is 66.9 Å². The number of aliphatic hydroxyl groups excluding tert-OH is 1. The van der Waals surface area contributed by atoms with E-state index < -0.39 is 85.9 Å². The molecule has 0 spiro atoms. The molecule has 244 valence electrons. The Bertz CT molecular complexity index is 1320. The summed E-state index contributed by atoms with van der Waals surface area (Å²) in [4.78, 5) is 39.3. The van der Waals surface area contributed by atoms with E-state index in [1.54, 1.807) is 42.5 Å². The van der Waals surface area contributed by atoms with Gasteiger partial charge in [-0.2, -0.15) is 0 Å². The highest BCUT2D eigenvalue weighted by Gasteiger charge is 2.54. The maximum atomic E-state index is 13.2. The number of carbonyl (C=O) groups is 3. The third-order valence-corrected chi connectivity index (χ3v) is 7.92. The zero-order valence-electron chi connectivity index (χ0n) is 25.1. The first-order chi connectivity index (χ1) is 21.8. The van der Waals surface area contributed by atoms with Gasteiger partial charge < -0.3 is 52.5 Å². The minimum absolute atomic E-state index is 0.0287. The molecule has 45 heavy (non-hydrogen) atoms. The second-order valence-corrected chi connectivity index (χ2v) is 10.5. The van der Waals surface area contributed by atoms with E-state index >= 15 is 0 Å². The number of fused-ring (bicyclic) bond motifs is 4. The van der Waals surface area contributed by atoms with Crippen molar-refractivity contribution in [2.45, 2.75) is 61.4 Å². The minimum atomic E-state index is -1.57. The molecule has 3 aliphatic heterocycles. The summed E-state index contributed by atoms with van der Waals surface area (Å²) in [6, 6.07) is 14.2. The lowest BCUT2D eigenvalue weighted by atomic mass is 9.96. The van der Waals surface area contributed by atoms with E-state index in [1.807, 2.05) is 0 Å². The predicted octanol–water partition coefficient (Wildman–Crippen LogP) is 1.13. The molecule has 2 aromatic rings. The predicted molar refractivity (Wildman–Crippen MR) is 150 cm³/mol. The second kappa shape index (κ2) is 14.7. The van der Waals surface area contributed by atoms with Gasteiger partial charge in [0.2, 0.25) is 0 Å². The summed E-state index contributed by atoms with van der Waals surface area (Å²) < 4.78 is 57.9. The summed E-state index contributed by atoms with van der Waals surface area (Å²) in [5.41, 5.74) is 0.160. The molecule has 0 unspecified atom stereocenters. The van der Waals surface area contributed by atoms with Crippen LogP contribution in [-0.2, 0) is 47.4 Å². The van der Waals surface area contributed by atoms with Crippen molar-refractivity contribution in [2.75, 3.05) is 41.7 Å². The van der Waals surface area contributed by atoms with Gasteiger partial charge in [0.15, 0.2) is 18.7 Å². The van der Waals surface area contributed by atoms with Gasteiger partial charge in [-0.15, -0.1) is 0 Å². The molecule has 0 saturated carbocycles. The Hall–Kier alpha value is -3.47. The highest BCUT2D eigenvalue weighted by molar-refractivity contribution is 6.03. The fourth-order valence-electron chi connectivity index (χ4n) is 5.67. The third-order valence-electron chi connectivity index (χ3n) is 7.92. The topological polar surface area (TPSA) is 164 Å². The number of methoxy groups -OCH3 is 4. The minimum Gasteiger partial charge on any atom is -0.459 e. The normalized spacial score (nSPS) is 33.9. The maximum Gasteiger partial charge on any atom is 0.339 e. The van der Waals surface area contributed by atoms with Gasteiger partial charge in [0.25, 0.3) is 0 Å². The Kier molecular flexibility index (Phi) is 10.8. The van der Waals surface area contributed by atoms with Crippen molar-refractivity contribution >= 4 is 17.9 Å². The molecule has 2 bridgehead atoms. The highest BCUT2D eigenvalue weighted by Crippen LogP contribution is 2.34. The van der Waals surface area contributed by atoms with E-state index in [9.17, 15) is 19.5 Å². The molecule has 2 fully saturated rings. The Morgan fingerprint density at radius 2 is 1.27 bits per heavy atom. The third kappa shape index (κ3) is 6.88. The van der Waals surface area contributed by atoms with Crippen LogP contribution in [0.15, 0.2) is 54.6 Å². The molecule has 14 nitrogen and oxygen atoms in total. The van der Waals surface area contributed by atoms with E-state index in [-0.39, 0.29) is 23.3 Å². The molecule has 3 aliphatic rings. The van der Waals surface area contributed by atoms with Crippen LogP contribution in [0, 0.1) is 0 Å². The van der Waals surface area contributed by atoms with Gasteiger partial charge in [0.05, 0.1) is 16.7 Å². The number of hydrogen-bond acceptors (Lipinski definition) is 14. The first-order valence-corrected chi connectivity index (χ1v) is 14.3. The Morgan fingerprint density at radius 3 is 1.84 bits per heavy atom. The van der Waals surface area contributed by atoms with Crippen molar-refractivity contribution in [3.05, 3.63) is 71.3 Å². The van der Waals surface area contributed by atoms with Crippen LogP contribution in [0.3, 0.4) is 0 Å². The summed E-state index contributed by atoms with van der Waals surface area (Å²) >= 11 is 0. The van der Waals surface area contributed by atoms with Crippen LogP contribution >= 0.6 is 0 Å². The lowest BCUT2D eigenvalue weighted by Gasteiger charge is -2.48. The summed E-state index contributed by atoms with van der Waals surface area (Å²) in [7, 11) is 5.61. The van der Waals surface area contributed by atoms with E-state index in [0.717, 1.165) is 0 Å². The van der Waals surface area contributed by atoms with Crippen LogP contribution in [0.4, 0.5) is 0 Å². The van der Waals surface area contributed by atoms with Gasteiger partial charge in [-0.05, 0) is 24.3 Å². The molecule has 0 radical (unpaired) electrons. The summed E-state index contributed by atoms with van der Waals surface area (Å²) in [5.74, 6) is -2.37. The van der Waals surface area contributed by atoms with E-state index in [2.05, 4.69) is 0 Å². The first kappa shape index (κ1) is 32.9. The largest absolute Gasteiger partial charge is 0.459 e. The molecule has 0 aliphatic carbocycles. The van der Waals surface area contributed by atoms with Crippen LogP contribution in [0.25, 0.3) is 0 Å². The van der Waals surface area contributed by atoms with Gasteiger partial charge in [-0.1, -0.05) is 30.3 Å². The SMILES string of the molecule is CO[C@H]1O[C@@H]2COC(=O)c3ccccc3C(=O)OC[C@H]3O[C@H](O[C@H]2[C@H](O)[C@H]1OC(=O)c1ccccc1)[C@@H](OC)[C@@H](OC)[C@H]3OC. The number of cyclic esters (lactones) is 2. The van der Waals surface area contributed by atoms with E-state index in [1.165, 1.54) is 40.6 Å². The summed E-state index contributed by atoms with van der Waals surface area (Å²) in [6.07, 6.45) is -11.4. The number of ether oxygens (including phenoxy) is 10. The average Bonchev–Trinajstić information content (AvgIpc) is 3.07. The molecule has 2 saturated heterocycles. The second-order valence-electron chi connectivity index (χ2n) is 10.5. The van der Waals surface area contributed by atoms with Crippen LogP contribution in [-0.4, -0.2) is 126 Å². The molecular formula is C31H36O14. The Labute approximate surface area is 259 Å². The quantitative estimate of drug-likeness (QED) is 0.356. The summed E-state index contributed by atoms with van der Waals surface area (Å²) in [6.45, 7) is -0.765. The van der Waals surface area contributed by atoms with Crippen molar-refractivity contribution in [2.24, 2.45) is 0 Å². The van der Waals surface area contributed by atoms with Gasteiger partial charge in [0.1, 0.15) is 55.9 Å². The lowest BCUT2D eigenvalue weighted by molar-refractivity contribution is -0.361. The first-order valence-electron chi connectivity index (χ1n) is 14.3. The van der Waals surface area contributed by atoms with Crippen molar-refractivity contribution in [1.82, 2.24) is 0 Å². The summed E-state index contributed by atoms with van der Waals surface area (Å²) in [5, 5.41) is 11.7. The number of rotatable bonds is 6. The molecule has 5 rings (SSSR count). The Morgan fingerprint density at radius 1 is 0.689 bits per heavy atom. The molecule has 14 heteroatoms. The fraction of sp³-hybridized carbons (Fsp3) is 0.516. The number of hydrogen-bond donors (Lipinski definition) is 1. The maximum absolute atomic E-state index is 13.2. The fourth-order valence-corrected chi connectivity index (χ4v) is 5.67.